The van der Waals surface area contributed by atoms with Crippen LogP contribution in [0.5, 0.6) is 0 Å². The summed E-state index contributed by atoms with van der Waals surface area (Å²) in [5.41, 5.74) is 18.4. The van der Waals surface area contributed by atoms with Crippen molar-refractivity contribution in [2.24, 2.45) is 17.2 Å². The summed E-state index contributed by atoms with van der Waals surface area (Å²) in [7, 11) is 0. The molecule has 0 heterocycles. The van der Waals surface area contributed by atoms with Crippen LogP contribution < -0.4 is 27.8 Å². The minimum Gasteiger partial charge on any atom is -0.355 e. The van der Waals surface area contributed by atoms with Gasteiger partial charge in [0.25, 0.3) is 0 Å². The van der Waals surface area contributed by atoms with Gasteiger partial charge in [-0.15, -0.1) is 0 Å². The van der Waals surface area contributed by atoms with Crippen LogP contribution in [0, 0.1) is 0 Å². The Morgan fingerprint density at radius 1 is 0.929 bits per heavy atom. The van der Waals surface area contributed by atoms with Gasteiger partial charge in [-0.3, -0.25) is 9.59 Å². The number of hydrogen-bond acceptors (Lipinski definition) is 5. The van der Waals surface area contributed by atoms with Crippen molar-refractivity contribution in [1.29, 1.82) is 0 Å². The van der Waals surface area contributed by atoms with Gasteiger partial charge in [0.15, 0.2) is 0 Å². The van der Waals surface area contributed by atoms with Crippen LogP contribution in [0.1, 0.15) is 51.0 Å². The van der Waals surface area contributed by atoms with E-state index in [9.17, 15) is 9.59 Å². The predicted octanol–water partition coefficient (Wildman–Crippen LogP) is 0.804. The maximum Gasteiger partial charge on any atom is 0.237 e. The average molecular weight is 392 g/mol. The molecule has 7 heteroatoms. The van der Waals surface area contributed by atoms with Crippen molar-refractivity contribution >= 4 is 11.8 Å². The van der Waals surface area contributed by atoms with Crippen LogP contribution in [0.25, 0.3) is 0 Å². The van der Waals surface area contributed by atoms with E-state index in [0.29, 0.717) is 25.9 Å². The maximum atomic E-state index is 12.2. The van der Waals surface area contributed by atoms with Crippen LogP contribution in [0.15, 0.2) is 30.3 Å². The molecule has 2 amide bonds. The molecule has 1 aromatic carbocycles. The minimum atomic E-state index is -0.535. The second-order valence-electron chi connectivity index (χ2n) is 7.38. The van der Waals surface area contributed by atoms with Crippen molar-refractivity contribution in [2.75, 3.05) is 13.1 Å². The van der Waals surface area contributed by atoms with E-state index in [2.05, 4.69) is 10.6 Å². The second-order valence-corrected chi connectivity index (χ2v) is 7.38. The number of carbonyl (C=O) groups is 2. The quantitative estimate of drug-likeness (QED) is 0.299. The lowest BCUT2D eigenvalue weighted by Gasteiger charge is -2.18. The van der Waals surface area contributed by atoms with Crippen molar-refractivity contribution in [3.63, 3.8) is 0 Å². The van der Waals surface area contributed by atoms with E-state index < -0.39 is 12.1 Å². The van der Waals surface area contributed by atoms with Crippen molar-refractivity contribution in [3.05, 3.63) is 35.9 Å². The normalized spacial score (nSPS) is 14.1. The van der Waals surface area contributed by atoms with Gasteiger partial charge in [0.05, 0.1) is 12.1 Å². The lowest BCUT2D eigenvalue weighted by Crippen LogP contribution is -2.45. The number of nitrogens with one attached hydrogen (secondary N) is 2. The summed E-state index contributed by atoms with van der Waals surface area (Å²) in [6.45, 7) is 3.14. The Labute approximate surface area is 168 Å². The number of amides is 2. The zero-order valence-electron chi connectivity index (χ0n) is 17.0. The van der Waals surface area contributed by atoms with Crippen LogP contribution in [-0.4, -0.2) is 43.0 Å². The highest BCUT2D eigenvalue weighted by molar-refractivity contribution is 5.82. The molecule has 0 saturated heterocycles. The Bertz CT molecular complexity index is 567. The van der Waals surface area contributed by atoms with Gasteiger partial charge in [0.1, 0.15) is 0 Å². The summed E-state index contributed by atoms with van der Waals surface area (Å²) in [5, 5.41) is 5.80. The summed E-state index contributed by atoms with van der Waals surface area (Å²) >= 11 is 0. The van der Waals surface area contributed by atoms with E-state index >= 15 is 0 Å². The number of rotatable bonds is 14. The molecule has 0 aliphatic carbocycles. The largest absolute Gasteiger partial charge is 0.355 e. The van der Waals surface area contributed by atoms with Gasteiger partial charge in [-0.05, 0) is 57.6 Å². The lowest BCUT2D eigenvalue weighted by atomic mass is 10.1. The molecular weight excluding hydrogens is 354 g/mol. The number of unbranched alkanes of at least 4 members (excludes halogenated alkanes) is 2. The fourth-order valence-corrected chi connectivity index (χ4v) is 2.97. The molecule has 28 heavy (non-hydrogen) atoms. The first kappa shape index (κ1) is 24.1. The molecule has 0 spiro atoms. The fraction of sp³-hybridized carbons (Fsp3) is 0.619. The zero-order chi connectivity index (χ0) is 20.8. The van der Waals surface area contributed by atoms with E-state index in [-0.39, 0.29) is 17.9 Å². The van der Waals surface area contributed by atoms with Crippen molar-refractivity contribution in [2.45, 2.75) is 70.0 Å². The van der Waals surface area contributed by atoms with Crippen LogP contribution in [0.2, 0.25) is 0 Å². The Kier molecular flexibility index (Phi) is 12.1. The number of hydrogen-bond donors (Lipinski definition) is 5. The van der Waals surface area contributed by atoms with Crippen LogP contribution in [0.4, 0.5) is 0 Å². The third-order valence-corrected chi connectivity index (χ3v) is 4.66. The summed E-state index contributed by atoms with van der Waals surface area (Å²) < 4.78 is 0. The van der Waals surface area contributed by atoms with Gasteiger partial charge in [0.2, 0.25) is 11.8 Å². The molecule has 0 bridgehead atoms. The van der Waals surface area contributed by atoms with Crippen LogP contribution in [0.3, 0.4) is 0 Å². The summed E-state index contributed by atoms with van der Waals surface area (Å²) in [5.74, 6) is -0.261. The second kappa shape index (κ2) is 14.1. The number of carbonyl (C=O) groups excluding carboxylic acids is 2. The smallest absolute Gasteiger partial charge is 0.237 e. The molecule has 1 unspecified atom stereocenters. The molecule has 0 aromatic heterocycles. The van der Waals surface area contributed by atoms with Crippen LogP contribution >= 0.6 is 0 Å². The van der Waals surface area contributed by atoms with Crippen molar-refractivity contribution < 1.29 is 9.59 Å². The molecule has 1 rings (SSSR count). The fourth-order valence-electron chi connectivity index (χ4n) is 2.97. The average Bonchev–Trinajstić information content (AvgIpc) is 2.68. The summed E-state index contributed by atoms with van der Waals surface area (Å²) in [6.07, 6.45) is 5.28. The maximum absolute atomic E-state index is 12.2. The molecule has 8 N–H and O–H groups in total. The molecule has 0 aliphatic rings. The molecule has 3 atom stereocenters. The lowest BCUT2D eigenvalue weighted by molar-refractivity contribution is -0.123. The van der Waals surface area contributed by atoms with E-state index in [1.807, 2.05) is 37.3 Å². The van der Waals surface area contributed by atoms with Gasteiger partial charge in [-0.2, -0.15) is 0 Å². The molecule has 158 valence electrons. The molecule has 0 aliphatic heterocycles. The SMILES string of the molecule is CC(Cc1ccccc1)NC(=O)[C@H](N)CCCCNC(=O)[C@@H](N)CCCCN. The topological polar surface area (TPSA) is 136 Å². The minimum absolute atomic E-state index is 0.0287. The summed E-state index contributed by atoms with van der Waals surface area (Å²) in [4.78, 5) is 24.1. The predicted molar refractivity (Wildman–Crippen MR) is 113 cm³/mol. The first-order valence-corrected chi connectivity index (χ1v) is 10.3. The van der Waals surface area contributed by atoms with Gasteiger partial charge in [-0.1, -0.05) is 36.8 Å². The third-order valence-electron chi connectivity index (χ3n) is 4.66. The monoisotopic (exact) mass is 391 g/mol. The third kappa shape index (κ3) is 10.4. The molecule has 7 nitrogen and oxygen atoms in total. The first-order chi connectivity index (χ1) is 13.4. The van der Waals surface area contributed by atoms with Gasteiger partial charge >= 0.3 is 0 Å². The standard InChI is InChI=1S/C21H37N5O2/c1-16(15-17-9-3-2-4-10-17)26-21(28)19(24)12-6-8-14-25-20(27)18(23)11-5-7-13-22/h2-4,9-10,16,18-19H,5-8,11-15,22-24H2,1H3,(H,25,27)(H,26,28)/t16?,18-,19+/m0/s1. The first-order valence-electron chi connectivity index (χ1n) is 10.3. The highest BCUT2D eigenvalue weighted by Gasteiger charge is 2.16. The molecular formula is C21H37N5O2. The van der Waals surface area contributed by atoms with Crippen molar-refractivity contribution in [3.8, 4) is 0 Å². The molecule has 0 radical (unpaired) electrons. The van der Waals surface area contributed by atoms with Gasteiger partial charge in [-0.25, -0.2) is 0 Å². The van der Waals surface area contributed by atoms with Gasteiger partial charge in [0, 0.05) is 12.6 Å². The van der Waals surface area contributed by atoms with Crippen molar-refractivity contribution in [1.82, 2.24) is 10.6 Å². The van der Waals surface area contributed by atoms with E-state index in [1.165, 1.54) is 5.56 Å². The number of benzene rings is 1. The van der Waals surface area contributed by atoms with E-state index in [1.54, 1.807) is 0 Å². The molecule has 0 saturated carbocycles. The Morgan fingerprint density at radius 2 is 1.54 bits per heavy atom. The van der Waals surface area contributed by atoms with E-state index in [4.69, 9.17) is 17.2 Å². The van der Waals surface area contributed by atoms with E-state index in [0.717, 1.165) is 32.1 Å². The molecule has 0 fully saturated rings. The highest BCUT2D eigenvalue weighted by atomic mass is 16.2. The zero-order valence-corrected chi connectivity index (χ0v) is 17.0. The van der Waals surface area contributed by atoms with Gasteiger partial charge < -0.3 is 27.8 Å². The Morgan fingerprint density at radius 3 is 2.18 bits per heavy atom. The summed E-state index contributed by atoms with van der Waals surface area (Å²) in [6, 6.07) is 9.05. The van der Waals surface area contributed by atoms with Crippen LogP contribution in [-0.2, 0) is 16.0 Å². The Hall–Kier alpha value is -1.96. The Balaban J connectivity index is 2.14. The molecule has 1 aromatic rings. The highest BCUT2D eigenvalue weighted by Crippen LogP contribution is 2.04. The number of nitrogens with two attached hydrogens (primary N) is 3.